The van der Waals surface area contributed by atoms with Crippen molar-refractivity contribution >= 4 is 43.5 Å². The number of halogens is 3. The molecule has 1 saturated heterocycles. The first kappa shape index (κ1) is 17.2. The minimum atomic E-state index is -0.793. The average Bonchev–Trinajstić information content (AvgIpc) is 3.00. The van der Waals surface area contributed by atoms with Crippen LogP contribution in [0.1, 0.15) is 5.56 Å². The molecule has 1 aliphatic heterocycles. The van der Waals surface area contributed by atoms with Crippen molar-refractivity contribution in [3.05, 3.63) is 63.6 Å². The Bertz CT molecular complexity index is 648. The Morgan fingerprint density at radius 1 is 1.13 bits per heavy atom. The van der Waals surface area contributed by atoms with Gasteiger partial charge in [-0.25, -0.2) is 0 Å². The maximum absolute atomic E-state index is 6.12. The maximum atomic E-state index is 6.12. The molecule has 2 aromatic carbocycles. The smallest absolute Gasteiger partial charge is 0.205 e. The third-order valence-electron chi connectivity index (χ3n) is 3.57. The molecule has 0 bridgehead atoms. The average molecular weight is 463 g/mol. The van der Waals surface area contributed by atoms with Crippen LogP contribution in [0.5, 0.6) is 5.75 Å². The lowest BCUT2D eigenvalue weighted by atomic mass is 10.1. The van der Waals surface area contributed by atoms with Gasteiger partial charge in [-0.15, -0.1) is 0 Å². The molecule has 0 aliphatic carbocycles. The summed E-state index contributed by atoms with van der Waals surface area (Å²) in [6, 6.07) is 15.2. The Morgan fingerprint density at radius 2 is 1.83 bits per heavy atom. The standard InChI is InChI=1S/C17H15Br2ClO3/c18-11-17(12-1-5-14(20)6-2-12)22-10-16(23-17)9-21-15-7-3-13(19)4-8-15/h1-8,16H,9-11H2. The lowest BCUT2D eigenvalue weighted by Crippen LogP contribution is -2.31. The molecule has 0 spiro atoms. The van der Waals surface area contributed by atoms with Gasteiger partial charge in [0, 0.05) is 15.1 Å². The Balaban J connectivity index is 1.64. The van der Waals surface area contributed by atoms with Gasteiger partial charge < -0.3 is 14.2 Å². The van der Waals surface area contributed by atoms with Gasteiger partial charge in [-0.1, -0.05) is 55.6 Å². The highest BCUT2D eigenvalue weighted by Crippen LogP contribution is 2.36. The summed E-state index contributed by atoms with van der Waals surface area (Å²) in [5.74, 6) is 0.0119. The topological polar surface area (TPSA) is 27.7 Å². The van der Waals surface area contributed by atoms with Crippen LogP contribution in [0.4, 0.5) is 0 Å². The predicted molar refractivity (Wildman–Crippen MR) is 97.4 cm³/mol. The molecule has 0 amide bonds. The van der Waals surface area contributed by atoms with Gasteiger partial charge in [-0.05, 0) is 36.4 Å². The van der Waals surface area contributed by atoms with E-state index in [1.807, 2.05) is 48.5 Å². The van der Waals surface area contributed by atoms with Gasteiger partial charge in [0.25, 0.3) is 0 Å². The van der Waals surface area contributed by atoms with E-state index in [1.54, 1.807) is 0 Å². The highest BCUT2D eigenvalue weighted by molar-refractivity contribution is 9.10. The molecule has 0 saturated carbocycles. The Hall–Kier alpha value is -0.590. The molecular formula is C17H15Br2ClO3. The molecule has 2 aromatic rings. The first-order chi connectivity index (χ1) is 11.1. The van der Waals surface area contributed by atoms with E-state index in [2.05, 4.69) is 31.9 Å². The monoisotopic (exact) mass is 460 g/mol. The fraction of sp³-hybridized carbons (Fsp3) is 0.294. The maximum Gasteiger partial charge on any atom is 0.205 e. The summed E-state index contributed by atoms with van der Waals surface area (Å²) >= 11 is 12.8. The van der Waals surface area contributed by atoms with Crippen LogP contribution in [0.2, 0.25) is 5.02 Å². The van der Waals surface area contributed by atoms with E-state index in [4.69, 9.17) is 25.8 Å². The Morgan fingerprint density at radius 3 is 2.48 bits per heavy atom. The fourth-order valence-electron chi connectivity index (χ4n) is 2.37. The molecule has 122 valence electrons. The molecule has 6 heteroatoms. The van der Waals surface area contributed by atoms with Crippen molar-refractivity contribution in [3.63, 3.8) is 0 Å². The predicted octanol–water partition coefficient (Wildman–Crippen LogP) is 5.14. The van der Waals surface area contributed by atoms with Crippen molar-refractivity contribution in [2.24, 2.45) is 0 Å². The Kier molecular flexibility index (Phi) is 5.65. The molecule has 2 atom stereocenters. The van der Waals surface area contributed by atoms with Crippen LogP contribution in [0.15, 0.2) is 53.0 Å². The number of hydrogen-bond donors (Lipinski definition) is 0. The first-order valence-electron chi connectivity index (χ1n) is 7.13. The molecular weight excluding hydrogens is 447 g/mol. The summed E-state index contributed by atoms with van der Waals surface area (Å²) in [5.41, 5.74) is 0.935. The van der Waals surface area contributed by atoms with Crippen LogP contribution in [0, 0.1) is 0 Å². The van der Waals surface area contributed by atoms with Gasteiger partial charge in [0.15, 0.2) is 0 Å². The van der Waals surface area contributed by atoms with Crippen molar-refractivity contribution in [3.8, 4) is 5.75 Å². The molecule has 0 radical (unpaired) electrons. The van der Waals surface area contributed by atoms with Gasteiger partial charge in [-0.3, -0.25) is 0 Å². The summed E-state index contributed by atoms with van der Waals surface area (Å²) in [5, 5.41) is 1.22. The normalized spacial score (nSPS) is 23.9. The largest absolute Gasteiger partial charge is 0.491 e. The van der Waals surface area contributed by atoms with Crippen molar-refractivity contribution in [2.75, 3.05) is 18.5 Å². The lowest BCUT2D eigenvalue weighted by molar-refractivity contribution is -0.159. The fourth-order valence-corrected chi connectivity index (χ4v) is 3.38. The molecule has 1 aliphatic rings. The van der Waals surface area contributed by atoms with Crippen molar-refractivity contribution in [1.29, 1.82) is 0 Å². The summed E-state index contributed by atoms with van der Waals surface area (Å²) in [4.78, 5) is 0. The van der Waals surface area contributed by atoms with Crippen LogP contribution < -0.4 is 4.74 Å². The van der Waals surface area contributed by atoms with Gasteiger partial charge >= 0.3 is 0 Å². The molecule has 0 N–H and O–H groups in total. The van der Waals surface area contributed by atoms with E-state index >= 15 is 0 Å². The summed E-state index contributed by atoms with van der Waals surface area (Å²) < 4.78 is 18.9. The SMILES string of the molecule is Clc1ccc(C2(CBr)OCC(COc3ccc(Br)cc3)O2)cc1. The third-order valence-corrected chi connectivity index (χ3v) is 5.09. The van der Waals surface area contributed by atoms with Crippen LogP contribution >= 0.6 is 43.5 Å². The summed E-state index contributed by atoms with van der Waals surface area (Å²) in [6.45, 7) is 0.911. The summed E-state index contributed by atoms with van der Waals surface area (Å²) in [6.07, 6.45) is -0.133. The van der Waals surface area contributed by atoms with Gasteiger partial charge in [0.1, 0.15) is 18.5 Å². The number of benzene rings is 2. The minimum absolute atomic E-state index is 0.133. The highest BCUT2D eigenvalue weighted by atomic mass is 79.9. The van der Waals surface area contributed by atoms with E-state index in [0.717, 1.165) is 15.8 Å². The molecule has 0 aromatic heterocycles. The van der Waals surface area contributed by atoms with E-state index < -0.39 is 5.79 Å². The van der Waals surface area contributed by atoms with Crippen LogP contribution in [0.25, 0.3) is 0 Å². The second-order valence-corrected chi connectivity index (χ2v) is 7.12. The second kappa shape index (κ2) is 7.53. The quantitative estimate of drug-likeness (QED) is 0.576. The van der Waals surface area contributed by atoms with Gasteiger partial charge in [0.2, 0.25) is 5.79 Å². The van der Waals surface area contributed by atoms with E-state index in [0.29, 0.717) is 23.6 Å². The lowest BCUT2D eigenvalue weighted by Gasteiger charge is -2.26. The number of rotatable bonds is 5. The van der Waals surface area contributed by atoms with Crippen molar-refractivity contribution in [2.45, 2.75) is 11.9 Å². The molecule has 23 heavy (non-hydrogen) atoms. The van der Waals surface area contributed by atoms with E-state index in [-0.39, 0.29) is 6.10 Å². The molecule has 3 nitrogen and oxygen atoms in total. The zero-order valence-corrected chi connectivity index (χ0v) is 16.1. The van der Waals surface area contributed by atoms with E-state index in [9.17, 15) is 0 Å². The second-order valence-electron chi connectivity index (χ2n) is 5.21. The summed E-state index contributed by atoms with van der Waals surface area (Å²) in [7, 11) is 0. The van der Waals surface area contributed by atoms with Gasteiger partial charge in [0.05, 0.1) is 11.9 Å². The van der Waals surface area contributed by atoms with Crippen LogP contribution in [-0.4, -0.2) is 24.6 Å². The molecule has 1 heterocycles. The minimum Gasteiger partial charge on any atom is -0.491 e. The third kappa shape index (κ3) is 4.09. The molecule has 3 rings (SSSR count). The van der Waals surface area contributed by atoms with Crippen molar-refractivity contribution in [1.82, 2.24) is 0 Å². The number of hydrogen-bond acceptors (Lipinski definition) is 3. The zero-order chi connectivity index (χ0) is 16.3. The zero-order valence-electron chi connectivity index (χ0n) is 12.2. The highest BCUT2D eigenvalue weighted by Gasteiger charge is 2.42. The Labute approximate surface area is 157 Å². The number of alkyl halides is 1. The van der Waals surface area contributed by atoms with Crippen LogP contribution in [0.3, 0.4) is 0 Å². The number of ether oxygens (including phenoxy) is 3. The van der Waals surface area contributed by atoms with E-state index in [1.165, 1.54) is 0 Å². The first-order valence-corrected chi connectivity index (χ1v) is 9.43. The molecule has 1 fully saturated rings. The van der Waals surface area contributed by atoms with Gasteiger partial charge in [-0.2, -0.15) is 0 Å². The molecule has 2 unspecified atom stereocenters. The van der Waals surface area contributed by atoms with Crippen molar-refractivity contribution < 1.29 is 14.2 Å². The van der Waals surface area contributed by atoms with Crippen LogP contribution in [-0.2, 0) is 15.3 Å².